The van der Waals surface area contributed by atoms with Gasteiger partial charge in [-0.15, -0.1) is 11.3 Å². The van der Waals surface area contributed by atoms with Crippen LogP contribution in [0.2, 0.25) is 0 Å². The summed E-state index contributed by atoms with van der Waals surface area (Å²) in [6, 6.07) is 12.2. The van der Waals surface area contributed by atoms with E-state index in [0.717, 1.165) is 78.3 Å². The molecule has 0 atom stereocenters. The molecule has 2 aliphatic heterocycles. The number of ether oxygens (including phenoxy) is 1. The average molecular weight is 545 g/mol. The first-order chi connectivity index (χ1) is 18.8. The van der Waals surface area contributed by atoms with Crippen LogP contribution in [0.15, 0.2) is 30.3 Å². The molecule has 0 unspecified atom stereocenters. The zero-order valence-electron chi connectivity index (χ0n) is 22.2. The van der Waals surface area contributed by atoms with Crippen LogP contribution in [0, 0.1) is 11.3 Å². The molecule has 39 heavy (non-hydrogen) atoms. The largest absolute Gasteiger partial charge is 0.378 e. The van der Waals surface area contributed by atoms with Crippen molar-refractivity contribution in [2.24, 2.45) is 5.73 Å². The Morgan fingerprint density at radius 3 is 2.64 bits per heavy atom. The molecule has 10 nitrogen and oxygen atoms in total. The van der Waals surface area contributed by atoms with Gasteiger partial charge in [-0.3, -0.25) is 14.6 Å². The number of carbonyl (C=O) groups excluding carboxylic acids is 1. The van der Waals surface area contributed by atoms with Crippen LogP contribution >= 0.6 is 11.3 Å². The van der Waals surface area contributed by atoms with Gasteiger partial charge in [-0.2, -0.15) is 5.26 Å². The van der Waals surface area contributed by atoms with E-state index >= 15 is 0 Å². The Hall–Kier alpha value is -3.56. The van der Waals surface area contributed by atoms with E-state index in [4.69, 9.17) is 20.4 Å². The summed E-state index contributed by atoms with van der Waals surface area (Å²) in [5, 5.41) is 10.4. The van der Waals surface area contributed by atoms with E-state index in [-0.39, 0.29) is 5.91 Å². The second kappa shape index (κ2) is 10.2. The van der Waals surface area contributed by atoms with Crippen LogP contribution in [0.4, 0.5) is 5.82 Å². The van der Waals surface area contributed by atoms with Crippen molar-refractivity contribution in [2.45, 2.75) is 25.9 Å². The van der Waals surface area contributed by atoms with Gasteiger partial charge in [0, 0.05) is 67.2 Å². The predicted molar refractivity (Wildman–Crippen MR) is 153 cm³/mol. The summed E-state index contributed by atoms with van der Waals surface area (Å²) in [4.78, 5) is 33.3. The van der Waals surface area contributed by atoms with Crippen LogP contribution in [0.25, 0.3) is 32.5 Å². The number of morpholine rings is 1. The fourth-order valence-electron chi connectivity index (χ4n) is 5.40. The molecule has 1 amide bonds. The number of primary amides is 1. The van der Waals surface area contributed by atoms with E-state index in [1.54, 1.807) is 11.3 Å². The molecule has 0 radical (unpaired) electrons. The first-order valence-electron chi connectivity index (χ1n) is 13.3. The number of aromatic nitrogens is 3. The molecule has 6 rings (SSSR count). The Morgan fingerprint density at radius 1 is 1.15 bits per heavy atom. The van der Waals surface area contributed by atoms with Crippen molar-refractivity contribution in [1.29, 1.82) is 5.26 Å². The van der Waals surface area contributed by atoms with Gasteiger partial charge in [0.2, 0.25) is 5.91 Å². The summed E-state index contributed by atoms with van der Waals surface area (Å²) < 4.78 is 6.70. The highest BCUT2D eigenvalue weighted by atomic mass is 32.1. The first kappa shape index (κ1) is 25.7. The highest BCUT2D eigenvalue weighted by molar-refractivity contribution is 7.19. The second-order valence-corrected chi connectivity index (χ2v) is 11.8. The summed E-state index contributed by atoms with van der Waals surface area (Å²) >= 11 is 1.75. The number of thiophene rings is 1. The molecule has 3 N–H and O–H groups in total. The summed E-state index contributed by atoms with van der Waals surface area (Å²) in [6.07, 6.45) is 0. The lowest BCUT2D eigenvalue weighted by Crippen LogP contribution is -2.59. The van der Waals surface area contributed by atoms with Gasteiger partial charge in [0.25, 0.3) is 0 Å². The number of nitrogens with zero attached hydrogens (tertiary/aromatic N) is 6. The lowest BCUT2D eigenvalue weighted by molar-refractivity contribution is -0.129. The maximum Gasteiger partial charge on any atom is 0.237 e. The molecule has 0 bridgehead atoms. The van der Waals surface area contributed by atoms with E-state index in [0.29, 0.717) is 24.7 Å². The zero-order valence-corrected chi connectivity index (χ0v) is 23.1. The predicted octanol–water partition coefficient (Wildman–Crippen LogP) is 2.93. The second-order valence-electron chi connectivity index (χ2n) is 10.6. The number of benzene rings is 1. The van der Waals surface area contributed by atoms with Crippen LogP contribution in [0.3, 0.4) is 0 Å². The smallest absolute Gasteiger partial charge is 0.237 e. The highest BCUT2D eigenvalue weighted by Gasteiger charge is 2.34. The third-order valence-electron chi connectivity index (χ3n) is 7.89. The van der Waals surface area contributed by atoms with Crippen molar-refractivity contribution in [3.63, 3.8) is 0 Å². The Labute approximate surface area is 231 Å². The summed E-state index contributed by atoms with van der Waals surface area (Å²) in [6.45, 7) is 10.9. The van der Waals surface area contributed by atoms with E-state index in [9.17, 15) is 10.1 Å². The SMILES string of the molecule is CC(C)(C(N)=O)N1CCN(Cc2cc3nc(-c4cccc5[nH]c(C#N)cc45)nc(N4CCOCC4)c3s2)CC1. The van der Waals surface area contributed by atoms with Gasteiger partial charge < -0.3 is 20.4 Å². The Bertz CT molecular complexity index is 1570. The number of carbonyl (C=O) groups is 1. The number of aromatic amines is 1. The fraction of sp³-hybridized carbons (Fsp3) is 0.429. The monoisotopic (exact) mass is 544 g/mol. The van der Waals surface area contributed by atoms with Crippen LogP contribution in [0.1, 0.15) is 24.4 Å². The van der Waals surface area contributed by atoms with Gasteiger partial charge >= 0.3 is 0 Å². The Balaban J connectivity index is 1.33. The lowest BCUT2D eigenvalue weighted by atomic mass is 10.0. The van der Waals surface area contributed by atoms with Crippen LogP contribution < -0.4 is 10.6 Å². The number of hydrogen-bond donors (Lipinski definition) is 2. The van der Waals surface area contributed by atoms with Gasteiger partial charge in [0.05, 0.1) is 29.0 Å². The van der Waals surface area contributed by atoms with Crippen LogP contribution in [0.5, 0.6) is 0 Å². The molecule has 5 heterocycles. The minimum absolute atomic E-state index is 0.287. The third kappa shape index (κ3) is 4.85. The number of amides is 1. The molecular formula is C28H32N8O2S. The van der Waals surface area contributed by atoms with E-state index in [1.165, 1.54) is 4.88 Å². The normalized spacial score (nSPS) is 17.6. The standard InChI is InChI=1S/C28H32N8O2S/c1-28(2,27(30)37)36-8-6-34(7-9-36)17-19-15-23-24(39-19)26(35-10-12-38-13-11-35)33-25(32-23)20-4-3-5-22-21(20)14-18(16-29)31-22/h3-5,14-15,31H,6-13,17H2,1-2H3,(H2,30,37). The van der Waals surface area contributed by atoms with Crippen molar-refractivity contribution in [1.82, 2.24) is 24.8 Å². The molecule has 1 aromatic carbocycles. The Morgan fingerprint density at radius 2 is 1.92 bits per heavy atom. The summed E-state index contributed by atoms with van der Waals surface area (Å²) in [5.74, 6) is 1.31. The van der Waals surface area contributed by atoms with Gasteiger partial charge in [-0.05, 0) is 32.0 Å². The molecule has 0 saturated carbocycles. The van der Waals surface area contributed by atoms with Crippen LogP contribution in [-0.2, 0) is 16.1 Å². The minimum Gasteiger partial charge on any atom is -0.378 e. The van der Waals surface area contributed by atoms with E-state index < -0.39 is 5.54 Å². The lowest BCUT2D eigenvalue weighted by Gasteiger charge is -2.42. The molecule has 11 heteroatoms. The quantitative estimate of drug-likeness (QED) is 0.379. The van der Waals surface area contributed by atoms with Gasteiger partial charge in [0.1, 0.15) is 11.8 Å². The Kier molecular flexibility index (Phi) is 6.72. The molecule has 2 saturated heterocycles. The molecule has 0 spiro atoms. The van der Waals surface area contributed by atoms with Crippen LogP contribution in [-0.4, -0.2) is 88.7 Å². The number of nitriles is 1. The van der Waals surface area contributed by atoms with E-state index in [2.05, 4.69) is 31.8 Å². The summed E-state index contributed by atoms with van der Waals surface area (Å²) in [7, 11) is 0. The van der Waals surface area contributed by atoms with Crippen molar-refractivity contribution in [2.75, 3.05) is 57.4 Å². The van der Waals surface area contributed by atoms with Crippen molar-refractivity contribution < 1.29 is 9.53 Å². The molecule has 4 aromatic rings. The molecule has 2 fully saturated rings. The third-order valence-corrected chi connectivity index (χ3v) is 8.99. The highest BCUT2D eigenvalue weighted by Crippen LogP contribution is 2.37. The maximum atomic E-state index is 11.9. The number of fused-ring (bicyclic) bond motifs is 2. The number of nitrogens with two attached hydrogens (primary N) is 1. The summed E-state index contributed by atoms with van der Waals surface area (Å²) in [5.41, 5.74) is 8.25. The van der Waals surface area contributed by atoms with Gasteiger partial charge in [-0.1, -0.05) is 12.1 Å². The number of anilines is 1. The number of hydrogen-bond acceptors (Lipinski definition) is 9. The molecular weight excluding hydrogens is 512 g/mol. The molecule has 202 valence electrons. The number of rotatable bonds is 6. The average Bonchev–Trinajstić information content (AvgIpc) is 3.56. The number of H-pyrrole nitrogens is 1. The number of nitrogens with one attached hydrogen (secondary N) is 1. The van der Waals surface area contributed by atoms with Gasteiger partial charge in [-0.25, -0.2) is 9.97 Å². The van der Waals surface area contributed by atoms with E-state index in [1.807, 2.05) is 38.1 Å². The topological polar surface area (TPSA) is 127 Å². The first-order valence-corrected chi connectivity index (χ1v) is 14.1. The van der Waals surface area contributed by atoms with Crippen molar-refractivity contribution in [3.05, 3.63) is 40.9 Å². The van der Waals surface area contributed by atoms with Crippen molar-refractivity contribution >= 4 is 44.2 Å². The maximum absolute atomic E-state index is 11.9. The minimum atomic E-state index is -0.640. The zero-order chi connectivity index (χ0) is 27.1. The van der Waals surface area contributed by atoms with Crippen molar-refractivity contribution in [3.8, 4) is 17.5 Å². The fourth-order valence-corrected chi connectivity index (χ4v) is 6.56. The molecule has 0 aliphatic carbocycles. The van der Waals surface area contributed by atoms with Gasteiger partial charge in [0.15, 0.2) is 11.6 Å². The number of piperazine rings is 1. The molecule has 2 aliphatic rings. The molecule has 3 aromatic heterocycles.